The third kappa shape index (κ3) is 8.60. The second-order valence-corrected chi connectivity index (χ2v) is 8.60. The van der Waals surface area contributed by atoms with E-state index in [0.717, 1.165) is 45.1 Å². The molecule has 1 heterocycles. The lowest BCUT2D eigenvalue weighted by molar-refractivity contribution is 0.172. The number of rotatable bonds is 8. The Balaban J connectivity index is 2.18. The molecule has 4 nitrogen and oxygen atoms in total. The van der Waals surface area contributed by atoms with Crippen molar-refractivity contribution in [2.45, 2.75) is 33.1 Å². The van der Waals surface area contributed by atoms with E-state index in [2.05, 4.69) is 24.1 Å². The first kappa shape index (κ1) is 16.9. The van der Waals surface area contributed by atoms with Gasteiger partial charge in [0.25, 0.3) is 0 Å². The monoisotopic (exact) mass is 290 g/mol. The summed E-state index contributed by atoms with van der Waals surface area (Å²) in [6.07, 6.45) is 4.63. The zero-order valence-electron chi connectivity index (χ0n) is 12.7. The lowest BCUT2D eigenvalue weighted by atomic mass is 9.97. The molecular weight excluding hydrogens is 260 g/mol. The van der Waals surface area contributed by atoms with Crippen LogP contribution in [0.5, 0.6) is 0 Å². The molecular formula is C14H30N2O2S. The summed E-state index contributed by atoms with van der Waals surface area (Å²) in [7, 11) is -2.80. The zero-order chi connectivity index (χ0) is 14.3. The van der Waals surface area contributed by atoms with Crippen LogP contribution in [0.3, 0.4) is 0 Å². The topological polar surface area (TPSA) is 49.4 Å². The Bertz CT molecular complexity index is 341. The molecule has 1 rings (SSSR count). The predicted molar refractivity (Wildman–Crippen MR) is 81.2 cm³/mol. The molecule has 0 aliphatic carbocycles. The average Bonchev–Trinajstić information content (AvgIpc) is 2.27. The first-order valence-corrected chi connectivity index (χ1v) is 9.53. The van der Waals surface area contributed by atoms with Gasteiger partial charge in [0.1, 0.15) is 9.84 Å². The average molecular weight is 290 g/mol. The molecule has 19 heavy (non-hydrogen) atoms. The Morgan fingerprint density at radius 2 is 2.11 bits per heavy atom. The third-order valence-electron chi connectivity index (χ3n) is 3.58. The third-order valence-corrected chi connectivity index (χ3v) is 4.61. The maximum Gasteiger partial charge on any atom is 0.147 e. The van der Waals surface area contributed by atoms with Crippen LogP contribution >= 0.6 is 0 Å². The molecule has 0 spiro atoms. The predicted octanol–water partition coefficient (Wildman–Crippen LogP) is 1.38. The Kier molecular flexibility index (Phi) is 7.32. The van der Waals surface area contributed by atoms with Gasteiger partial charge in [0.15, 0.2) is 0 Å². The molecule has 0 radical (unpaired) electrons. The van der Waals surface area contributed by atoms with Crippen LogP contribution in [0, 0.1) is 11.8 Å². The minimum absolute atomic E-state index is 0.319. The summed E-state index contributed by atoms with van der Waals surface area (Å²) in [6.45, 7) is 9.81. The molecule has 1 fully saturated rings. The molecule has 5 heteroatoms. The summed E-state index contributed by atoms with van der Waals surface area (Å²) in [6, 6.07) is 0. The summed E-state index contributed by atoms with van der Waals surface area (Å²) in [4.78, 5) is 2.43. The zero-order valence-corrected chi connectivity index (χ0v) is 13.5. The second-order valence-electron chi connectivity index (χ2n) is 6.34. The summed E-state index contributed by atoms with van der Waals surface area (Å²) in [5, 5.41) is 3.53. The molecule has 0 bridgehead atoms. The first-order chi connectivity index (χ1) is 8.87. The number of likely N-dealkylation sites (tertiary alicyclic amines) is 1. The fourth-order valence-electron chi connectivity index (χ4n) is 2.65. The molecule has 0 aromatic carbocycles. The van der Waals surface area contributed by atoms with Crippen molar-refractivity contribution in [3.63, 3.8) is 0 Å². The Morgan fingerprint density at radius 1 is 1.37 bits per heavy atom. The van der Waals surface area contributed by atoms with Gasteiger partial charge in [-0.15, -0.1) is 0 Å². The van der Waals surface area contributed by atoms with Crippen LogP contribution in [0.2, 0.25) is 0 Å². The molecule has 1 aliphatic rings. The molecule has 1 N–H and O–H groups in total. The van der Waals surface area contributed by atoms with Gasteiger partial charge in [-0.3, -0.25) is 0 Å². The maximum atomic E-state index is 11.1. The lowest BCUT2D eigenvalue weighted by Crippen LogP contribution is -2.40. The summed E-state index contributed by atoms with van der Waals surface area (Å²) >= 11 is 0. The smallest absolute Gasteiger partial charge is 0.147 e. The van der Waals surface area contributed by atoms with E-state index in [-0.39, 0.29) is 0 Å². The van der Waals surface area contributed by atoms with Crippen LogP contribution in [-0.4, -0.2) is 58.1 Å². The van der Waals surface area contributed by atoms with Gasteiger partial charge < -0.3 is 10.2 Å². The molecule has 0 amide bonds. The van der Waals surface area contributed by atoms with Crippen molar-refractivity contribution >= 4 is 9.84 Å². The molecule has 1 unspecified atom stereocenters. The van der Waals surface area contributed by atoms with Crippen LogP contribution in [0.1, 0.15) is 33.1 Å². The van der Waals surface area contributed by atoms with Crippen molar-refractivity contribution in [2.24, 2.45) is 11.8 Å². The van der Waals surface area contributed by atoms with Crippen molar-refractivity contribution in [1.29, 1.82) is 0 Å². The summed E-state index contributed by atoms with van der Waals surface area (Å²) in [5.74, 6) is 1.75. The van der Waals surface area contributed by atoms with Crippen molar-refractivity contribution < 1.29 is 8.42 Å². The Hall–Kier alpha value is -0.130. The molecule has 1 aliphatic heterocycles. The van der Waals surface area contributed by atoms with E-state index >= 15 is 0 Å². The SMILES string of the molecule is CC(C)CNCC1CCCN(CCCS(C)(=O)=O)C1. The van der Waals surface area contributed by atoms with Gasteiger partial charge in [-0.25, -0.2) is 8.42 Å². The van der Waals surface area contributed by atoms with E-state index in [9.17, 15) is 8.42 Å². The fraction of sp³-hybridized carbons (Fsp3) is 1.00. The van der Waals surface area contributed by atoms with Gasteiger partial charge in [0.05, 0.1) is 5.75 Å². The lowest BCUT2D eigenvalue weighted by Gasteiger charge is -2.33. The highest BCUT2D eigenvalue weighted by Crippen LogP contribution is 2.16. The highest BCUT2D eigenvalue weighted by atomic mass is 32.2. The summed E-state index contributed by atoms with van der Waals surface area (Å²) < 4.78 is 22.2. The number of nitrogens with one attached hydrogen (secondary N) is 1. The number of sulfone groups is 1. The van der Waals surface area contributed by atoms with Crippen molar-refractivity contribution in [3.05, 3.63) is 0 Å². The Labute approximate surface area is 118 Å². The maximum absolute atomic E-state index is 11.1. The van der Waals surface area contributed by atoms with Gasteiger partial charge in [0, 0.05) is 12.8 Å². The number of piperidine rings is 1. The van der Waals surface area contributed by atoms with E-state index in [1.165, 1.54) is 19.1 Å². The van der Waals surface area contributed by atoms with Crippen LogP contribution in [-0.2, 0) is 9.84 Å². The van der Waals surface area contributed by atoms with Crippen LogP contribution in [0.15, 0.2) is 0 Å². The molecule has 0 saturated carbocycles. The molecule has 0 aromatic rings. The minimum atomic E-state index is -2.80. The molecule has 114 valence electrons. The second kappa shape index (κ2) is 8.22. The van der Waals surface area contributed by atoms with Gasteiger partial charge in [-0.2, -0.15) is 0 Å². The molecule has 0 aromatic heterocycles. The van der Waals surface area contributed by atoms with Crippen molar-refractivity contribution in [2.75, 3.05) is 44.7 Å². The largest absolute Gasteiger partial charge is 0.316 e. The normalized spacial score (nSPS) is 22.0. The van der Waals surface area contributed by atoms with Crippen LogP contribution < -0.4 is 5.32 Å². The van der Waals surface area contributed by atoms with Crippen LogP contribution in [0.25, 0.3) is 0 Å². The fourth-order valence-corrected chi connectivity index (χ4v) is 3.30. The van der Waals surface area contributed by atoms with E-state index in [4.69, 9.17) is 0 Å². The number of hydrogen-bond donors (Lipinski definition) is 1. The van der Waals surface area contributed by atoms with Gasteiger partial charge >= 0.3 is 0 Å². The van der Waals surface area contributed by atoms with Gasteiger partial charge in [-0.1, -0.05) is 13.8 Å². The molecule has 1 atom stereocenters. The first-order valence-electron chi connectivity index (χ1n) is 7.47. The van der Waals surface area contributed by atoms with Gasteiger partial charge in [-0.05, 0) is 57.3 Å². The van der Waals surface area contributed by atoms with E-state index in [1.807, 2.05) is 0 Å². The van der Waals surface area contributed by atoms with Crippen LogP contribution in [0.4, 0.5) is 0 Å². The quantitative estimate of drug-likeness (QED) is 0.734. The highest BCUT2D eigenvalue weighted by molar-refractivity contribution is 7.90. The van der Waals surface area contributed by atoms with E-state index in [0.29, 0.717) is 11.7 Å². The summed E-state index contributed by atoms with van der Waals surface area (Å²) in [5.41, 5.74) is 0. The van der Waals surface area contributed by atoms with E-state index in [1.54, 1.807) is 0 Å². The van der Waals surface area contributed by atoms with Crippen molar-refractivity contribution in [3.8, 4) is 0 Å². The highest BCUT2D eigenvalue weighted by Gasteiger charge is 2.19. The number of hydrogen-bond acceptors (Lipinski definition) is 4. The van der Waals surface area contributed by atoms with E-state index < -0.39 is 9.84 Å². The standard InChI is InChI=1S/C14H30N2O2S/c1-13(2)10-15-11-14-6-4-7-16(12-14)8-5-9-19(3,17)18/h13-15H,4-12H2,1-3H3. The van der Waals surface area contributed by atoms with Gasteiger partial charge in [0.2, 0.25) is 0 Å². The van der Waals surface area contributed by atoms with Crippen molar-refractivity contribution in [1.82, 2.24) is 10.2 Å². The minimum Gasteiger partial charge on any atom is -0.316 e. The molecule has 1 saturated heterocycles. The Morgan fingerprint density at radius 3 is 2.74 bits per heavy atom. The number of nitrogens with zero attached hydrogens (tertiary/aromatic N) is 1.